The van der Waals surface area contributed by atoms with E-state index in [-0.39, 0.29) is 11.9 Å². The van der Waals surface area contributed by atoms with Crippen LogP contribution in [0.4, 0.5) is 4.79 Å². The predicted octanol–water partition coefficient (Wildman–Crippen LogP) is 1.16. The first-order valence-corrected chi connectivity index (χ1v) is 7.11. The van der Waals surface area contributed by atoms with Crippen LogP contribution >= 0.6 is 0 Å². The van der Waals surface area contributed by atoms with E-state index < -0.39 is 12.0 Å². The van der Waals surface area contributed by atoms with Crippen LogP contribution in [-0.2, 0) is 16.1 Å². The molecule has 2 amide bonds. The predicted molar refractivity (Wildman–Crippen MR) is 78.6 cm³/mol. The molecule has 0 aliphatic heterocycles. The molecule has 0 aromatic carbocycles. The number of aryl methyl sites for hydroxylation is 1. The highest BCUT2D eigenvalue weighted by Crippen LogP contribution is 2.06. The third kappa shape index (κ3) is 6.78. The number of carbonyl (C=O) groups excluding carboxylic acids is 2. The van der Waals surface area contributed by atoms with Gasteiger partial charge in [0.25, 0.3) is 0 Å². The Kier molecular flexibility index (Phi) is 7.28. The Morgan fingerprint density at radius 2 is 2.14 bits per heavy atom. The zero-order chi connectivity index (χ0) is 15.7. The Bertz CT molecular complexity index is 431. The van der Waals surface area contributed by atoms with Crippen molar-refractivity contribution in [3.05, 3.63) is 18.7 Å². The van der Waals surface area contributed by atoms with Gasteiger partial charge < -0.3 is 19.9 Å². The van der Waals surface area contributed by atoms with E-state index in [2.05, 4.69) is 15.6 Å². The first kappa shape index (κ1) is 17.0. The van der Waals surface area contributed by atoms with Crippen LogP contribution in [0.2, 0.25) is 0 Å². The van der Waals surface area contributed by atoms with Gasteiger partial charge in [-0.3, -0.25) is 0 Å². The van der Waals surface area contributed by atoms with E-state index in [1.165, 1.54) is 7.11 Å². The van der Waals surface area contributed by atoms with Crippen LogP contribution < -0.4 is 10.6 Å². The van der Waals surface area contributed by atoms with Crippen molar-refractivity contribution >= 4 is 12.0 Å². The van der Waals surface area contributed by atoms with Crippen molar-refractivity contribution in [1.29, 1.82) is 0 Å². The highest BCUT2D eigenvalue weighted by atomic mass is 16.5. The van der Waals surface area contributed by atoms with E-state index in [4.69, 9.17) is 4.74 Å². The third-order valence-corrected chi connectivity index (χ3v) is 2.94. The molecule has 2 N–H and O–H groups in total. The molecule has 21 heavy (non-hydrogen) atoms. The zero-order valence-corrected chi connectivity index (χ0v) is 12.8. The summed E-state index contributed by atoms with van der Waals surface area (Å²) in [5.41, 5.74) is 0. The van der Waals surface area contributed by atoms with Crippen molar-refractivity contribution in [2.75, 3.05) is 13.7 Å². The molecule has 0 saturated heterocycles. The van der Waals surface area contributed by atoms with Crippen molar-refractivity contribution in [3.8, 4) is 0 Å². The molecule has 1 aromatic heterocycles. The molecule has 7 nitrogen and oxygen atoms in total. The summed E-state index contributed by atoms with van der Waals surface area (Å²) in [6.45, 7) is 5.29. The van der Waals surface area contributed by atoms with Gasteiger partial charge in [-0.2, -0.15) is 0 Å². The maximum absolute atomic E-state index is 11.8. The number of amides is 2. The fourth-order valence-corrected chi connectivity index (χ4v) is 1.92. The Balaban J connectivity index is 2.27. The number of carbonyl (C=O) groups is 2. The van der Waals surface area contributed by atoms with Gasteiger partial charge in [0.1, 0.15) is 6.04 Å². The lowest BCUT2D eigenvalue weighted by atomic mass is 10.0. The molecule has 1 heterocycles. The van der Waals surface area contributed by atoms with Crippen LogP contribution in [0, 0.1) is 5.92 Å². The molecule has 1 rings (SSSR count). The van der Waals surface area contributed by atoms with Crippen LogP contribution in [-0.4, -0.2) is 41.2 Å². The largest absolute Gasteiger partial charge is 0.467 e. The molecular weight excluding hydrogens is 272 g/mol. The first-order valence-electron chi connectivity index (χ1n) is 7.11. The molecular formula is C14H24N4O3. The van der Waals surface area contributed by atoms with Crippen LogP contribution in [0.15, 0.2) is 18.7 Å². The first-order chi connectivity index (χ1) is 10.0. The smallest absolute Gasteiger partial charge is 0.328 e. The molecule has 0 spiro atoms. The summed E-state index contributed by atoms with van der Waals surface area (Å²) in [4.78, 5) is 27.3. The maximum atomic E-state index is 11.8. The zero-order valence-electron chi connectivity index (χ0n) is 12.8. The van der Waals surface area contributed by atoms with Crippen LogP contribution in [0.25, 0.3) is 0 Å². The Morgan fingerprint density at radius 1 is 1.38 bits per heavy atom. The van der Waals surface area contributed by atoms with Gasteiger partial charge in [-0.15, -0.1) is 0 Å². The number of imidazole rings is 1. The lowest BCUT2D eigenvalue weighted by Gasteiger charge is -2.18. The number of aromatic nitrogens is 2. The molecule has 0 saturated carbocycles. The quantitative estimate of drug-likeness (QED) is 0.557. The van der Waals surface area contributed by atoms with Gasteiger partial charge in [-0.1, -0.05) is 13.8 Å². The second-order valence-corrected chi connectivity index (χ2v) is 5.26. The number of ether oxygens (including phenoxy) is 1. The van der Waals surface area contributed by atoms with Gasteiger partial charge in [0.2, 0.25) is 0 Å². The monoisotopic (exact) mass is 296 g/mol. The van der Waals surface area contributed by atoms with Crippen LogP contribution in [0.5, 0.6) is 0 Å². The molecule has 1 unspecified atom stereocenters. The number of hydrogen-bond donors (Lipinski definition) is 2. The molecule has 0 aliphatic carbocycles. The normalized spacial score (nSPS) is 12.0. The fraction of sp³-hybridized carbons (Fsp3) is 0.643. The summed E-state index contributed by atoms with van der Waals surface area (Å²) in [6.07, 6.45) is 6.66. The highest BCUT2D eigenvalue weighted by molar-refractivity contribution is 5.83. The van der Waals surface area contributed by atoms with Gasteiger partial charge in [0.05, 0.1) is 13.4 Å². The minimum atomic E-state index is -0.608. The number of methoxy groups -OCH3 is 1. The van der Waals surface area contributed by atoms with Gasteiger partial charge in [0, 0.05) is 25.5 Å². The molecule has 0 bridgehead atoms. The lowest BCUT2D eigenvalue weighted by molar-refractivity contribution is -0.143. The molecule has 1 atom stereocenters. The van der Waals surface area contributed by atoms with Crippen molar-refractivity contribution in [2.45, 2.75) is 39.3 Å². The molecule has 0 radical (unpaired) electrons. The van der Waals surface area contributed by atoms with E-state index in [0.29, 0.717) is 13.0 Å². The van der Waals surface area contributed by atoms with Gasteiger partial charge in [0.15, 0.2) is 0 Å². The number of hydrogen-bond acceptors (Lipinski definition) is 4. The highest BCUT2D eigenvalue weighted by Gasteiger charge is 2.22. The van der Waals surface area contributed by atoms with E-state index in [9.17, 15) is 9.59 Å². The number of esters is 1. The van der Waals surface area contributed by atoms with Crippen molar-refractivity contribution < 1.29 is 14.3 Å². The second-order valence-electron chi connectivity index (χ2n) is 5.26. The lowest BCUT2D eigenvalue weighted by Crippen LogP contribution is -2.47. The summed E-state index contributed by atoms with van der Waals surface area (Å²) in [7, 11) is 1.32. The SMILES string of the molecule is COC(=O)C(CC(C)C)NC(=O)NCCCn1ccnc1. The van der Waals surface area contributed by atoms with E-state index in [1.54, 1.807) is 12.5 Å². The van der Waals surface area contributed by atoms with Crippen molar-refractivity contribution in [2.24, 2.45) is 5.92 Å². The number of nitrogens with zero attached hydrogens (tertiary/aromatic N) is 2. The van der Waals surface area contributed by atoms with Crippen LogP contribution in [0.3, 0.4) is 0 Å². The van der Waals surface area contributed by atoms with Gasteiger partial charge in [-0.25, -0.2) is 14.6 Å². The topological polar surface area (TPSA) is 85.2 Å². The minimum absolute atomic E-state index is 0.288. The molecule has 118 valence electrons. The van der Waals surface area contributed by atoms with Crippen molar-refractivity contribution in [1.82, 2.24) is 20.2 Å². The summed E-state index contributed by atoms with van der Waals surface area (Å²) >= 11 is 0. The van der Waals surface area contributed by atoms with E-state index >= 15 is 0 Å². The fourth-order valence-electron chi connectivity index (χ4n) is 1.92. The molecule has 0 aliphatic rings. The Morgan fingerprint density at radius 3 is 2.71 bits per heavy atom. The number of rotatable bonds is 8. The molecule has 1 aromatic rings. The Labute approximate surface area is 125 Å². The average Bonchev–Trinajstić information content (AvgIpc) is 2.94. The maximum Gasteiger partial charge on any atom is 0.328 e. The standard InChI is InChI=1S/C14H24N4O3/c1-11(2)9-12(13(19)21-3)17-14(20)16-5-4-7-18-8-6-15-10-18/h6,8,10-12H,4-5,7,9H2,1-3H3,(H2,16,17,20). The van der Waals surface area contributed by atoms with Crippen LogP contribution in [0.1, 0.15) is 26.7 Å². The second kappa shape index (κ2) is 8.99. The van der Waals surface area contributed by atoms with E-state index in [1.807, 2.05) is 24.6 Å². The summed E-state index contributed by atoms with van der Waals surface area (Å²) in [5.74, 6) is -0.132. The number of urea groups is 1. The summed E-state index contributed by atoms with van der Waals surface area (Å²) in [6, 6.07) is -0.958. The minimum Gasteiger partial charge on any atom is -0.467 e. The molecule has 7 heteroatoms. The van der Waals surface area contributed by atoms with Gasteiger partial charge >= 0.3 is 12.0 Å². The molecule has 0 fully saturated rings. The summed E-state index contributed by atoms with van der Waals surface area (Å²) in [5, 5.41) is 5.39. The van der Waals surface area contributed by atoms with E-state index in [0.717, 1.165) is 13.0 Å². The average molecular weight is 296 g/mol. The van der Waals surface area contributed by atoms with Gasteiger partial charge in [-0.05, 0) is 18.8 Å². The van der Waals surface area contributed by atoms with Crippen molar-refractivity contribution in [3.63, 3.8) is 0 Å². The number of nitrogens with one attached hydrogen (secondary N) is 2. The summed E-state index contributed by atoms with van der Waals surface area (Å²) < 4.78 is 6.64. The third-order valence-electron chi connectivity index (χ3n) is 2.94. The Hall–Kier alpha value is -2.05.